The SMILES string of the molecule is CCCn1nnc(NC(=O)c2ccc(Cl)c([N+](=O)[O-])c2)n1. The number of aryl methyl sites for hydroxylation is 1. The molecule has 2 aromatic rings. The van der Waals surface area contributed by atoms with E-state index in [1.807, 2.05) is 6.92 Å². The van der Waals surface area contributed by atoms with Crippen molar-refractivity contribution in [1.82, 2.24) is 20.2 Å². The number of carbonyl (C=O) groups excluding carboxylic acids is 1. The number of aromatic nitrogens is 4. The van der Waals surface area contributed by atoms with Gasteiger partial charge in [-0.25, -0.2) is 0 Å². The zero-order valence-corrected chi connectivity index (χ0v) is 11.7. The number of hydrogen-bond acceptors (Lipinski definition) is 6. The van der Waals surface area contributed by atoms with Gasteiger partial charge in [-0.05, 0) is 23.8 Å². The average molecular weight is 311 g/mol. The highest BCUT2D eigenvalue weighted by Crippen LogP contribution is 2.25. The van der Waals surface area contributed by atoms with E-state index in [2.05, 4.69) is 20.7 Å². The predicted octanol–water partition coefficient (Wildman–Crippen LogP) is 1.90. The van der Waals surface area contributed by atoms with Gasteiger partial charge in [-0.1, -0.05) is 23.6 Å². The predicted molar refractivity (Wildman–Crippen MR) is 74.2 cm³/mol. The van der Waals surface area contributed by atoms with Crippen LogP contribution >= 0.6 is 11.6 Å². The van der Waals surface area contributed by atoms with E-state index >= 15 is 0 Å². The van der Waals surface area contributed by atoms with Gasteiger partial charge in [-0.2, -0.15) is 4.80 Å². The lowest BCUT2D eigenvalue weighted by Gasteiger charge is -2.01. The lowest BCUT2D eigenvalue weighted by atomic mass is 10.2. The average Bonchev–Trinajstić information content (AvgIpc) is 2.86. The van der Waals surface area contributed by atoms with Crippen LogP contribution in [-0.2, 0) is 6.54 Å². The third-order valence-electron chi connectivity index (χ3n) is 2.51. The first kappa shape index (κ1) is 14.9. The smallest absolute Gasteiger partial charge is 0.288 e. The molecule has 0 spiro atoms. The zero-order valence-electron chi connectivity index (χ0n) is 11.0. The molecule has 0 aliphatic rings. The summed E-state index contributed by atoms with van der Waals surface area (Å²) in [5.74, 6) is -0.545. The first-order valence-corrected chi connectivity index (χ1v) is 6.42. The molecule has 0 aliphatic carbocycles. The molecule has 0 atom stereocenters. The number of hydrogen-bond donors (Lipinski definition) is 1. The van der Waals surface area contributed by atoms with E-state index in [0.717, 1.165) is 12.5 Å². The molecule has 1 amide bonds. The lowest BCUT2D eigenvalue weighted by molar-refractivity contribution is -0.384. The topological polar surface area (TPSA) is 116 Å². The Morgan fingerprint density at radius 3 is 2.95 bits per heavy atom. The molecule has 0 unspecified atom stereocenters. The van der Waals surface area contributed by atoms with Crippen molar-refractivity contribution < 1.29 is 9.72 Å². The minimum atomic E-state index is -0.658. The second kappa shape index (κ2) is 6.27. The summed E-state index contributed by atoms with van der Waals surface area (Å²) in [6.45, 7) is 2.53. The van der Waals surface area contributed by atoms with E-state index < -0.39 is 10.8 Å². The van der Waals surface area contributed by atoms with Gasteiger partial charge in [0.15, 0.2) is 0 Å². The fraction of sp³-hybridized carbons (Fsp3) is 0.273. The van der Waals surface area contributed by atoms with Crippen LogP contribution in [0.1, 0.15) is 23.7 Å². The van der Waals surface area contributed by atoms with Crippen molar-refractivity contribution in [3.63, 3.8) is 0 Å². The molecule has 2 rings (SSSR count). The summed E-state index contributed by atoms with van der Waals surface area (Å²) in [5.41, 5.74) is -0.259. The van der Waals surface area contributed by atoms with E-state index in [1.165, 1.54) is 16.9 Å². The lowest BCUT2D eigenvalue weighted by Crippen LogP contribution is -2.13. The van der Waals surface area contributed by atoms with Gasteiger partial charge in [0.25, 0.3) is 17.5 Å². The molecule has 0 radical (unpaired) electrons. The molecule has 110 valence electrons. The van der Waals surface area contributed by atoms with E-state index in [9.17, 15) is 14.9 Å². The first-order valence-electron chi connectivity index (χ1n) is 6.04. The summed E-state index contributed by atoms with van der Waals surface area (Å²) in [6.07, 6.45) is 0.827. The van der Waals surface area contributed by atoms with Crippen LogP contribution in [0.5, 0.6) is 0 Å². The second-order valence-corrected chi connectivity index (χ2v) is 4.49. The zero-order chi connectivity index (χ0) is 15.4. The number of nitro groups is 1. The number of nitro benzene ring substituents is 1. The molecule has 0 bridgehead atoms. The standard InChI is InChI=1S/C11H11ClN6O3/c1-2-5-17-15-11(14-16-17)13-10(19)7-3-4-8(12)9(6-7)18(20)21/h3-4,6H,2,5H2,1H3,(H,13,15,19). The van der Waals surface area contributed by atoms with Crippen LogP contribution in [0.15, 0.2) is 18.2 Å². The van der Waals surface area contributed by atoms with E-state index in [4.69, 9.17) is 11.6 Å². The molecule has 10 heteroatoms. The van der Waals surface area contributed by atoms with Crippen molar-refractivity contribution in [2.24, 2.45) is 0 Å². The molecule has 1 heterocycles. The Hall–Kier alpha value is -2.55. The molecule has 21 heavy (non-hydrogen) atoms. The second-order valence-electron chi connectivity index (χ2n) is 4.09. The Kier molecular flexibility index (Phi) is 4.43. The fourth-order valence-corrected chi connectivity index (χ4v) is 1.74. The van der Waals surface area contributed by atoms with Crippen molar-refractivity contribution in [1.29, 1.82) is 0 Å². The Balaban J connectivity index is 2.16. The number of nitrogens with one attached hydrogen (secondary N) is 1. The van der Waals surface area contributed by atoms with Crippen LogP contribution < -0.4 is 5.32 Å². The normalized spacial score (nSPS) is 10.4. The minimum absolute atomic E-state index is 0.0334. The van der Waals surface area contributed by atoms with Crippen LogP contribution in [0.25, 0.3) is 0 Å². The maximum atomic E-state index is 12.0. The van der Waals surface area contributed by atoms with Gasteiger partial charge in [-0.3, -0.25) is 20.2 Å². The molecular formula is C11H11ClN6O3. The Bertz CT molecular complexity index is 686. The number of rotatable bonds is 5. The molecule has 1 aromatic heterocycles. The Morgan fingerprint density at radius 2 is 2.29 bits per heavy atom. The summed E-state index contributed by atoms with van der Waals surface area (Å²) < 4.78 is 0. The van der Waals surface area contributed by atoms with Gasteiger partial charge in [0.05, 0.1) is 11.5 Å². The molecular weight excluding hydrogens is 300 g/mol. The van der Waals surface area contributed by atoms with E-state index in [-0.39, 0.29) is 22.2 Å². The third kappa shape index (κ3) is 3.51. The van der Waals surface area contributed by atoms with Crippen molar-refractivity contribution in [3.05, 3.63) is 38.9 Å². The van der Waals surface area contributed by atoms with Crippen LogP contribution in [0.4, 0.5) is 11.6 Å². The van der Waals surface area contributed by atoms with Gasteiger partial charge in [0.1, 0.15) is 5.02 Å². The summed E-state index contributed by atoms with van der Waals surface area (Å²) in [7, 11) is 0. The van der Waals surface area contributed by atoms with E-state index in [0.29, 0.717) is 6.54 Å². The number of anilines is 1. The maximum Gasteiger partial charge on any atom is 0.288 e. The van der Waals surface area contributed by atoms with Gasteiger partial charge < -0.3 is 0 Å². The van der Waals surface area contributed by atoms with Gasteiger partial charge >= 0.3 is 0 Å². The van der Waals surface area contributed by atoms with Crippen molar-refractivity contribution in [2.75, 3.05) is 5.32 Å². The molecule has 0 aliphatic heterocycles. The number of amides is 1. The molecule has 0 saturated heterocycles. The number of carbonyl (C=O) groups is 1. The molecule has 1 N–H and O–H groups in total. The summed E-state index contributed by atoms with van der Waals surface area (Å²) >= 11 is 5.68. The van der Waals surface area contributed by atoms with Crippen molar-refractivity contribution in [2.45, 2.75) is 19.9 Å². The summed E-state index contributed by atoms with van der Waals surface area (Å²) in [4.78, 5) is 23.4. The Labute approximate surface area is 124 Å². The number of halogens is 1. The quantitative estimate of drug-likeness (QED) is 0.666. The maximum absolute atomic E-state index is 12.0. The largest absolute Gasteiger partial charge is 0.288 e. The van der Waals surface area contributed by atoms with Crippen LogP contribution in [-0.4, -0.2) is 31.0 Å². The monoisotopic (exact) mass is 310 g/mol. The Morgan fingerprint density at radius 1 is 1.52 bits per heavy atom. The highest BCUT2D eigenvalue weighted by Gasteiger charge is 2.17. The van der Waals surface area contributed by atoms with Crippen molar-refractivity contribution in [3.8, 4) is 0 Å². The molecule has 0 fully saturated rings. The van der Waals surface area contributed by atoms with Gasteiger partial charge in [-0.15, -0.1) is 5.10 Å². The minimum Gasteiger partial charge on any atom is -0.288 e. The summed E-state index contributed by atoms with van der Waals surface area (Å²) in [6, 6.07) is 3.76. The molecule has 1 aromatic carbocycles. The van der Waals surface area contributed by atoms with E-state index in [1.54, 1.807) is 0 Å². The molecule has 9 nitrogen and oxygen atoms in total. The number of benzene rings is 1. The fourth-order valence-electron chi connectivity index (χ4n) is 1.56. The van der Waals surface area contributed by atoms with Crippen LogP contribution in [0.3, 0.4) is 0 Å². The first-order chi connectivity index (χ1) is 10.0. The molecule has 0 saturated carbocycles. The summed E-state index contributed by atoms with van der Waals surface area (Å²) in [5, 5.41) is 24.5. The highest BCUT2D eigenvalue weighted by molar-refractivity contribution is 6.32. The third-order valence-corrected chi connectivity index (χ3v) is 2.83. The van der Waals surface area contributed by atoms with Gasteiger partial charge in [0.2, 0.25) is 0 Å². The number of nitrogens with zero attached hydrogens (tertiary/aromatic N) is 5. The van der Waals surface area contributed by atoms with Crippen LogP contribution in [0.2, 0.25) is 5.02 Å². The number of tetrazole rings is 1. The van der Waals surface area contributed by atoms with Crippen molar-refractivity contribution >= 4 is 29.1 Å². The van der Waals surface area contributed by atoms with Gasteiger partial charge in [0, 0.05) is 11.6 Å². The highest BCUT2D eigenvalue weighted by atomic mass is 35.5. The van der Waals surface area contributed by atoms with Crippen LogP contribution in [0, 0.1) is 10.1 Å².